The lowest BCUT2D eigenvalue weighted by Crippen LogP contribution is -2.46. The SMILES string of the molecule is [2H]C([2H])([2H])C([2H])([2H])C([2H])([2H])C([2H])([2H])N1[C@@H]2CC[C@H]1CC(OC(c1ccc(F)cc1)c1ccc(F)cc1)C2. The van der Waals surface area contributed by atoms with E-state index in [0.717, 1.165) is 0 Å². The van der Waals surface area contributed by atoms with Gasteiger partial charge in [0.1, 0.15) is 17.7 Å². The fraction of sp³-hybridized carbons (Fsp3) is 0.500. The summed E-state index contributed by atoms with van der Waals surface area (Å²) >= 11 is 0. The highest BCUT2D eigenvalue weighted by molar-refractivity contribution is 5.30. The van der Waals surface area contributed by atoms with Crippen LogP contribution in [0.1, 0.15) is 74.8 Å². The molecule has 2 aromatic rings. The summed E-state index contributed by atoms with van der Waals surface area (Å²) in [5, 5.41) is 0. The molecule has 0 saturated carbocycles. The Bertz CT molecular complexity index is 1030. The number of rotatable bonds is 7. The number of hydrogen-bond donors (Lipinski definition) is 0. The monoisotopic (exact) mass is 394 g/mol. The van der Waals surface area contributed by atoms with Crippen molar-refractivity contribution < 1.29 is 25.9 Å². The van der Waals surface area contributed by atoms with E-state index in [2.05, 4.69) is 0 Å². The van der Waals surface area contributed by atoms with E-state index in [4.69, 9.17) is 17.1 Å². The maximum Gasteiger partial charge on any atom is 0.123 e. The van der Waals surface area contributed by atoms with E-state index in [1.54, 1.807) is 24.3 Å². The van der Waals surface area contributed by atoms with Crippen molar-refractivity contribution in [3.8, 4) is 0 Å². The molecular formula is C24H29F2NO. The van der Waals surface area contributed by atoms with E-state index in [1.165, 1.54) is 29.2 Å². The number of ether oxygens (including phenoxy) is 1. The average Bonchev–Trinajstić information content (AvgIpc) is 3.09. The fourth-order valence-electron chi connectivity index (χ4n) is 4.33. The summed E-state index contributed by atoms with van der Waals surface area (Å²) in [6, 6.07) is 10.5. The normalized spacial score (nSPS) is 31.5. The van der Waals surface area contributed by atoms with Crippen LogP contribution < -0.4 is 0 Å². The van der Waals surface area contributed by atoms with Crippen molar-refractivity contribution >= 4 is 0 Å². The highest BCUT2D eigenvalue weighted by Crippen LogP contribution is 2.39. The van der Waals surface area contributed by atoms with Gasteiger partial charge in [-0.05, 0) is 73.9 Å². The molecule has 150 valence electrons. The van der Waals surface area contributed by atoms with Gasteiger partial charge in [-0.1, -0.05) is 37.5 Å². The van der Waals surface area contributed by atoms with Crippen LogP contribution >= 0.6 is 0 Å². The summed E-state index contributed by atoms with van der Waals surface area (Å²) in [7, 11) is 0. The zero-order valence-electron chi connectivity index (χ0n) is 24.4. The maximum atomic E-state index is 13.6. The van der Waals surface area contributed by atoms with Gasteiger partial charge in [-0.3, -0.25) is 4.90 Å². The number of fused-ring (bicyclic) bond motifs is 2. The molecule has 28 heavy (non-hydrogen) atoms. The molecule has 0 spiro atoms. The van der Waals surface area contributed by atoms with E-state index in [0.29, 0.717) is 36.8 Å². The zero-order valence-corrected chi connectivity index (χ0v) is 15.4. The maximum absolute atomic E-state index is 13.6. The molecular weight excluding hydrogens is 356 g/mol. The largest absolute Gasteiger partial charge is 0.365 e. The molecule has 4 rings (SSSR count). The van der Waals surface area contributed by atoms with Crippen molar-refractivity contribution in [3.63, 3.8) is 0 Å². The number of hydrogen-bond acceptors (Lipinski definition) is 2. The van der Waals surface area contributed by atoms with Gasteiger partial charge in [-0.15, -0.1) is 0 Å². The summed E-state index contributed by atoms with van der Waals surface area (Å²) in [4.78, 5) is 1.29. The second kappa shape index (κ2) is 8.71. The molecule has 2 saturated heterocycles. The molecule has 2 aromatic carbocycles. The lowest BCUT2D eigenvalue weighted by molar-refractivity contribution is -0.0483. The van der Waals surface area contributed by atoms with Gasteiger partial charge in [0, 0.05) is 24.4 Å². The van der Waals surface area contributed by atoms with Gasteiger partial charge in [0.15, 0.2) is 0 Å². The Labute approximate surface area is 179 Å². The number of piperidine rings is 1. The molecule has 2 bridgehead atoms. The van der Waals surface area contributed by atoms with Gasteiger partial charge in [-0.25, -0.2) is 8.78 Å². The molecule has 0 aromatic heterocycles. The first-order chi connectivity index (χ1) is 17.1. The van der Waals surface area contributed by atoms with Crippen LogP contribution in [0.25, 0.3) is 0 Å². The minimum Gasteiger partial charge on any atom is -0.365 e. The molecule has 0 aliphatic carbocycles. The van der Waals surface area contributed by atoms with Crippen molar-refractivity contribution in [1.29, 1.82) is 0 Å². The molecule has 2 heterocycles. The quantitative estimate of drug-likeness (QED) is 0.583. The molecule has 2 nitrogen and oxygen atoms in total. The summed E-state index contributed by atoms with van der Waals surface area (Å²) in [6.07, 6.45) is -6.14. The third-order valence-corrected chi connectivity index (χ3v) is 5.61. The summed E-state index contributed by atoms with van der Waals surface area (Å²) < 4.78 is 106. The molecule has 3 atom stereocenters. The predicted octanol–water partition coefficient (Wildman–Crippen LogP) is 5.87. The van der Waals surface area contributed by atoms with Crippen LogP contribution in [0, 0.1) is 11.6 Å². The van der Waals surface area contributed by atoms with Gasteiger partial charge < -0.3 is 4.74 Å². The van der Waals surface area contributed by atoms with Gasteiger partial charge in [0.2, 0.25) is 0 Å². The Morgan fingerprint density at radius 1 is 1.00 bits per heavy atom. The van der Waals surface area contributed by atoms with Crippen LogP contribution in [-0.4, -0.2) is 29.6 Å². The van der Waals surface area contributed by atoms with Crippen molar-refractivity contribution in [3.05, 3.63) is 71.3 Å². The third-order valence-electron chi connectivity index (χ3n) is 5.61. The Balaban J connectivity index is 1.58. The van der Waals surface area contributed by atoms with Crippen LogP contribution in [0.3, 0.4) is 0 Å². The van der Waals surface area contributed by atoms with Crippen LogP contribution in [0.4, 0.5) is 8.78 Å². The first kappa shape index (κ1) is 11.4. The van der Waals surface area contributed by atoms with E-state index >= 15 is 0 Å². The van der Waals surface area contributed by atoms with Crippen LogP contribution in [0.15, 0.2) is 48.5 Å². The van der Waals surface area contributed by atoms with Crippen molar-refractivity contribution in [2.45, 2.75) is 69.6 Å². The molecule has 0 N–H and O–H groups in total. The van der Waals surface area contributed by atoms with E-state index in [9.17, 15) is 8.78 Å². The van der Waals surface area contributed by atoms with Crippen molar-refractivity contribution in [2.75, 3.05) is 6.50 Å². The Hall–Kier alpha value is -1.78. The van der Waals surface area contributed by atoms with Crippen LogP contribution in [0.5, 0.6) is 0 Å². The first-order valence-corrected chi connectivity index (χ1v) is 9.51. The summed E-state index contributed by atoms with van der Waals surface area (Å²) in [5.74, 6) is -0.831. The standard InChI is InChI=1S/C24H29F2NO/c1-2-3-14-27-21-12-13-22(27)16-23(15-21)28-24(17-4-8-19(25)9-5-17)18-6-10-20(26)11-7-18/h4-11,21-24H,2-3,12-16H2,1H3/t21-,22+,23?/i1D3,2D2,3D2,14D2. The minimum atomic E-state index is -3.42. The number of halogens is 2. The predicted molar refractivity (Wildman–Crippen MR) is 107 cm³/mol. The number of benzene rings is 2. The molecule has 4 heteroatoms. The first-order valence-electron chi connectivity index (χ1n) is 14.0. The second-order valence-corrected chi connectivity index (χ2v) is 7.37. The van der Waals surface area contributed by atoms with E-state index in [1.807, 2.05) is 0 Å². The molecule has 2 aliphatic heterocycles. The van der Waals surface area contributed by atoms with Crippen LogP contribution in [0.2, 0.25) is 0 Å². The molecule has 0 amide bonds. The molecule has 2 fully saturated rings. The van der Waals surface area contributed by atoms with Gasteiger partial charge >= 0.3 is 0 Å². The van der Waals surface area contributed by atoms with E-state index in [-0.39, 0.29) is 0 Å². The Morgan fingerprint density at radius 2 is 1.54 bits per heavy atom. The van der Waals surface area contributed by atoms with Gasteiger partial charge in [-0.2, -0.15) is 0 Å². The molecule has 2 aliphatic rings. The number of nitrogens with zero attached hydrogens (tertiary/aromatic N) is 1. The molecule has 1 unspecified atom stereocenters. The molecule has 0 radical (unpaired) electrons. The zero-order chi connectivity index (χ0) is 27.4. The van der Waals surface area contributed by atoms with Crippen molar-refractivity contribution in [1.82, 2.24) is 4.90 Å². The highest BCUT2D eigenvalue weighted by Gasteiger charge is 2.41. The minimum absolute atomic E-state index is 0.307. The fourth-order valence-corrected chi connectivity index (χ4v) is 4.33. The van der Waals surface area contributed by atoms with Gasteiger partial charge in [0.25, 0.3) is 0 Å². The van der Waals surface area contributed by atoms with E-state index < -0.39 is 62.0 Å². The van der Waals surface area contributed by atoms with Gasteiger partial charge in [0.05, 0.1) is 6.10 Å². The Morgan fingerprint density at radius 3 is 2.04 bits per heavy atom. The third kappa shape index (κ3) is 4.28. The second-order valence-electron chi connectivity index (χ2n) is 7.37. The highest BCUT2D eigenvalue weighted by atomic mass is 19.1. The summed E-state index contributed by atoms with van der Waals surface area (Å²) in [6.45, 7) is -6.25. The average molecular weight is 395 g/mol. The Kier molecular flexibility index (Phi) is 3.55. The lowest BCUT2D eigenvalue weighted by atomic mass is 9.97. The van der Waals surface area contributed by atoms with Crippen molar-refractivity contribution in [2.24, 2.45) is 0 Å². The lowest BCUT2D eigenvalue weighted by Gasteiger charge is -2.40. The van der Waals surface area contributed by atoms with Crippen LogP contribution in [-0.2, 0) is 4.74 Å². The summed E-state index contributed by atoms with van der Waals surface area (Å²) in [5.41, 5.74) is 1.31. The topological polar surface area (TPSA) is 12.5 Å². The smallest absolute Gasteiger partial charge is 0.123 e.